The topological polar surface area (TPSA) is 40.9 Å². The summed E-state index contributed by atoms with van der Waals surface area (Å²) in [6.07, 6.45) is 0. The highest BCUT2D eigenvalue weighted by Crippen LogP contribution is 2.25. The van der Waals surface area contributed by atoms with Crippen molar-refractivity contribution in [2.75, 3.05) is 0 Å². The Morgan fingerprint density at radius 2 is 1.81 bits per heavy atom. The van der Waals surface area contributed by atoms with Gasteiger partial charge in [0.1, 0.15) is 17.6 Å². The van der Waals surface area contributed by atoms with Gasteiger partial charge in [-0.3, -0.25) is 4.79 Å². The molecule has 2 aromatic carbocycles. The van der Waals surface area contributed by atoms with Crippen molar-refractivity contribution in [3.8, 4) is 6.07 Å². The second kappa shape index (κ2) is 6.02. The second-order valence-corrected chi connectivity index (χ2v) is 5.02. The van der Waals surface area contributed by atoms with Crippen molar-refractivity contribution in [3.63, 3.8) is 0 Å². The normalized spacial score (nSPS) is 11.8. The van der Waals surface area contributed by atoms with E-state index in [-0.39, 0.29) is 11.1 Å². The third kappa shape index (κ3) is 3.26. The third-order valence-corrected chi connectivity index (χ3v) is 3.31. The highest BCUT2D eigenvalue weighted by molar-refractivity contribution is 6.31. The Bertz CT molecular complexity index is 732. The van der Waals surface area contributed by atoms with E-state index in [1.165, 1.54) is 6.07 Å². The minimum Gasteiger partial charge on any atom is -0.292 e. The molecular weight excluding hydrogens is 296 g/mol. The molecule has 0 aliphatic rings. The van der Waals surface area contributed by atoms with E-state index in [2.05, 4.69) is 0 Å². The molecule has 0 radical (unpaired) electrons. The molecule has 0 fully saturated rings. The number of rotatable bonds is 3. The Kier molecular flexibility index (Phi) is 4.35. The van der Waals surface area contributed by atoms with Crippen LogP contribution < -0.4 is 0 Å². The summed E-state index contributed by atoms with van der Waals surface area (Å²) in [5.41, 5.74) is 0.889. The standard InChI is InChI=1S/C16H10ClF2NO/c1-9-2-3-11(17)6-14(9)16(21)15(8-20)10-4-12(18)7-13(19)5-10/h2-7,15H,1H3. The van der Waals surface area contributed by atoms with E-state index in [4.69, 9.17) is 11.6 Å². The van der Waals surface area contributed by atoms with Crippen molar-refractivity contribution in [1.82, 2.24) is 0 Å². The number of carbonyl (C=O) groups excluding carboxylic acids is 1. The van der Waals surface area contributed by atoms with Gasteiger partial charge in [0.05, 0.1) is 6.07 Å². The van der Waals surface area contributed by atoms with Crippen LogP contribution in [-0.4, -0.2) is 5.78 Å². The first-order chi connectivity index (χ1) is 9.92. The minimum atomic E-state index is -1.28. The fourth-order valence-electron chi connectivity index (χ4n) is 2.04. The average Bonchev–Trinajstić information content (AvgIpc) is 2.41. The SMILES string of the molecule is Cc1ccc(Cl)cc1C(=O)C(C#N)c1cc(F)cc(F)c1. The van der Waals surface area contributed by atoms with E-state index in [1.807, 2.05) is 0 Å². The van der Waals surface area contributed by atoms with E-state index < -0.39 is 23.3 Å². The summed E-state index contributed by atoms with van der Waals surface area (Å²) in [5, 5.41) is 9.56. The predicted octanol–water partition coefficient (Wildman–Crippen LogP) is 4.42. The predicted molar refractivity (Wildman–Crippen MR) is 75.2 cm³/mol. The number of hydrogen-bond donors (Lipinski definition) is 0. The lowest BCUT2D eigenvalue weighted by Crippen LogP contribution is -2.13. The fourth-order valence-corrected chi connectivity index (χ4v) is 2.21. The van der Waals surface area contributed by atoms with E-state index in [0.717, 1.165) is 12.1 Å². The Morgan fingerprint density at radius 1 is 1.19 bits per heavy atom. The van der Waals surface area contributed by atoms with Gasteiger partial charge in [0.25, 0.3) is 0 Å². The van der Waals surface area contributed by atoms with Gasteiger partial charge in [0.2, 0.25) is 0 Å². The van der Waals surface area contributed by atoms with Gasteiger partial charge in [-0.2, -0.15) is 5.26 Å². The van der Waals surface area contributed by atoms with Crippen molar-refractivity contribution < 1.29 is 13.6 Å². The van der Waals surface area contributed by atoms with Crippen molar-refractivity contribution in [3.05, 3.63) is 69.7 Å². The molecule has 1 atom stereocenters. The monoisotopic (exact) mass is 305 g/mol. The van der Waals surface area contributed by atoms with Crippen LogP contribution in [0.5, 0.6) is 0 Å². The minimum absolute atomic E-state index is 0.0145. The fraction of sp³-hybridized carbons (Fsp3) is 0.125. The van der Waals surface area contributed by atoms with Gasteiger partial charge < -0.3 is 0 Å². The summed E-state index contributed by atoms with van der Waals surface area (Å²) >= 11 is 5.85. The molecule has 2 aromatic rings. The van der Waals surface area contributed by atoms with Gasteiger partial charge in [-0.15, -0.1) is 0 Å². The van der Waals surface area contributed by atoms with Crippen molar-refractivity contribution in [2.24, 2.45) is 0 Å². The number of hydrogen-bond acceptors (Lipinski definition) is 2. The van der Waals surface area contributed by atoms with Gasteiger partial charge in [-0.25, -0.2) is 8.78 Å². The van der Waals surface area contributed by atoms with Crippen molar-refractivity contribution in [2.45, 2.75) is 12.8 Å². The second-order valence-electron chi connectivity index (χ2n) is 4.59. The Balaban J connectivity index is 2.48. The van der Waals surface area contributed by atoms with Crippen LogP contribution in [0.3, 0.4) is 0 Å². The average molecular weight is 306 g/mol. The van der Waals surface area contributed by atoms with E-state index in [0.29, 0.717) is 16.7 Å². The number of aryl methyl sites for hydroxylation is 1. The van der Waals surface area contributed by atoms with Gasteiger partial charge in [-0.05, 0) is 42.3 Å². The van der Waals surface area contributed by atoms with Crippen LogP contribution in [0.25, 0.3) is 0 Å². The number of nitriles is 1. The summed E-state index contributed by atoms with van der Waals surface area (Å²) in [6.45, 7) is 1.70. The first kappa shape index (κ1) is 15.1. The summed E-state index contributed by atoms with van der Waals surface area (Å²) < 4.78 is 26.5. The molecule has 0 saturated carbocycles. The van der Waals surface area contributed by atoms with E-state index >= 15 is 0 Å². The lowest BCUT2D eigenvalue weighted by atomic mass is 9.90. The molecule has 0 heterocycles. The molecule has 0 aliphatic heterocycles. The lowest BCUT2D eigenvalue weighted by molar-refractivity contribution is 0.0978. The maximum absolute atomic E-state index is 13.3. The number of nitrogens with zero attached hydrogens (tertiary/aromatic N) is 1. The Hall–Kier alpha value is -2.25. The number of ketones is 1. The van der Waals surface area contributed by atoms with Crippen LogP contribution in [-0.2, 0) is 0 Å². The zero-order chi connectivity index (χ0) is 15.6. The molecule has 0 aromatic heterocycles. The summed E-state index contributed by atoms with van der Waals surface area (Å²) in [6, 6.07) is 9.16. The smallest absolute Gasteiger partial charge is 0.184 e. The molecule has 5 heteroatoms. The zero-order valence-corrected chi connectivity index (χ0v) is 11.8. The summed E-state index contributed by atoms with van der Waals surface area (Å²) in [7, 11) is 0. The molecule has 0 aliphatic carbocycles. The molecule has 2 rings (SSSR count). The molecular formula is C16H10ClF2NO. The van der Waals surface area contributed by atoms with Gasteiger partial charge >= 0.3 is 0 Å². The highest BCUT2D eigenvalue weighted by atomic mass is 35.5. The molecule has 0 N–H and O–H groups in total. The van der Waals surface area contributed by atoms with Crippen LogP contribution >= 0.6 is 11.6 Å². The molecule has 2 nitrogen and oxygen atoms in total. The Morgan fingerprint density at radius 3 is 2.38 bits per heavy atom. The number of carbonyl (C=O) groups is 1. The highest BCUT2D eigenvalue weighted by Gasteiger charge is 2.24. The van der Waals surface area contributed by atoms with E-state index in [9.17, 15) is 18.8 Å². The molecule has 0 bridgehead atoms. The van der Waals surface area contributed by atoms with Crippen molar-refractivity contribution >= 4 is 17.4 Å². The molecule has 1 unspecified atom stereocenters. The lowest BCUT2D eigenvalue weighted by Gasteiger charge is -2.11. The third-order valence-electron chi connectivity index (χ3n) is 3.07. The Labute approximate surface area is 125 Å². The largest absolute Gasteiger partial charge is 0.292 e. The van der Waals surface area contributed by atoms with E-state index in [1.54, 1.807) is 25.1 Å². The van der Waals surface area contributed by atoms with Crippen LogP contribution in [0.15, 0.2) is 36.4 Å². The first-order valence-corrected chi connectivity index (χ1v) is 6.46. The maximum atomic E-state index is 13.3. The van der Waals surface area contributed by atoms with Crippen LogP contribution in [0.2, 0.25) is 5.02 Å². The molecule has 0 saturated heterocycles. The van der Waals surface area contributed by atoms with Crippen LogP contribution in [0.1, 0.15) is 27.4 Å². The van der Waals surface area contributed by atoms with Gasteiger partial charge in [-0.1, -0.05) is 17.7 Å². The zero-order valence-electron chi connectivity index (χ0n) is 11.0. The first-order valence-electron chi connectivity index (χ1n) is 6.08. The number of benzene rings is 2. The number of halogens is 3. The van der Waals surface area contributed by atoms with Crippen molar-refractivity contribution in [1.29, 1.82) is 5.26 Å². The quantitative estimate of drug-likeness (QED) is 0.788. The molecule has 106 valence electrons. The van der Waals surface area contributed by atoms with Gasteiger partial charge in [0.15, 0.2) is 5.78 Å². The van der Waals surface area contributed by atoms with Gasteiger partial charge in [0, 0.05) is 16.7 Å². The van der Waals surface area contributed by atoms with Crippen LogP contribution in [0, 0.1) is 29.9 Å². The molecule has 0 spiro atoms. The summed E-state index contributed by atoms with van der Waals surface area (Å²) in [5.74, 6) is -3.49. The maximum Gasteiger partial charge on any atom is 0.184 e. The van der Waals surface area contributed by atoms with Crippen LogP contribution in [0.4, 0.5) is 8.78 Å². The molecule has 0 amide bonds. The number of Topliss-reactive ketones (excluding diaryl/α,β-unsaturated/α-hetero) is 1. The molecule has 21 heavy (non-hydrogen) atoms. The summed E-state index contributed by atoms with van der Waals surface area (Å²) in [4.78, 5) is 12.4.